The summed E-state index contributed by atoms with van der Waals surface area (Å²) in [4.78, 5) is 41.0. The summed E-state index contributed by atoms with van der Waals surface area (Å²) in [6.07, 6.45) is 0. The Morgan fingerprint density at radius 3 is 2.47 bits per heavy atom. The van der Waals surface area contributed by atoms with Gasteiger partial charge in [-0.15, -0.1) is 0 Å². The fourth-order valence-electron chi connectivity index (χ4n) is 4.92. The normalized spacial score (nSPS) is 28.6. The van der Waals surface area contributed by atoms with Crippen molar-refractivity contribution >= 4 is 23.5 Å². The second-order valence-corrected chi connectivity index (χ2v) is 8.21. The molecule has 2 amide bonds. The van der Waals surface area contributed by atoms with Crippen LogP contribution in [0.25, 0.3) is 0 Å². The standard InChI is InChI=1S/C23H21FN2O6/c1-23(22(29)30-2)18-17(19(25-23)12-3-5-13(24)6-4-12)20(27)26(21(18)28)14-7-8-15-16(11-14)32-10-9-31-15/h3-8,11,17-19,25H,9-10H2,1-2H3/t17-,18+,19-,23-/m0/s1. The molecule has 166 valence electrons. The highest BCUT2D eigenvalue weighted by Crippen LogP contribution is 2.50. The summed E-state index contributed by atoms with van der Waals surface area (Å²) >= 11 is 0. The summed E-state index contributed by atoms with van der Waals surface area (Å²) in [7, 11) is 1.23. The van der Waals surface area contributed by atoms with Gasteiger partial charge in [0.1, 0.15) is 24.6 Å². The quantitative estimate of drug-likeness (QED) is 0.576. The number of anilines is 1. The Bertz CT molecular complexity index is 1120. The molecule has 3 heterocycles. The molecule has 9 heteroatoms. The van der Waals surface area contributed by atoms with Gasteiger partial charge in [0.25, 0.3) is 0 Å². The number of halogens is 1. The Balaban J connectivity index is 1.58. The van der Waals surface area contributed by atoms with E-state index >= 15 is 0 Å². The first-order chi connectivity index (χ1) is 15.3. The predicted octanol–water partition coefficient (Wildman–Crippen LogP) is 1.98. The molecular weight excluding hydrogens is 419 g/mol. The van der Waals surface area contributed by atoms with Crippen molar-refractivity contribution in [3.63, 3.8) is 0 Å². The van der Waals surface area contributed by atoms with E-state index in [-0.39, 0.29) is 0 Å². The summed E-state index contributed by atoms with van der Waals surface area (Å²) in [5.41, 5.74) is -0.503. The van der Waals surface area contributed by atoms with Gasteiger partial charge < -0.3 is 14.2 Å². The number of esters is 1. The predicted molar refractivity (Wildman–Crippen MR) is 110 cm³/mol. The topological polar surface area (TPSA) is 94.2 Å². The van der Waals surface area contributed by atoms with Crippen LogP contribution >= 0.6 is 0 Å². The second kappa shape index (κ2) is 7.30. The van der Waals surface area contributed by atoms with Crippen LogP contribution in [0, 0.1) is 17.7 Å². The molecule has 0 unspecified atom stereocenters. The number of nitrogens with zero attached hydrogens (tertiary/aromatic N) is 1. The van der Waals surface area contributed by atoms with Gasteiger partial charge in [0.15, 0.2) is 11.5 Å². The lowest BCUT2D eigenvalue weighted by Gasteiger charge is -2.29. The number of nitrogens with one attached hydrogen (secondary N) is 1. The molecule has 0 aromatic heterocycles. The van der Waals surface area contributed by atoms with Gasteiger partial charge in [-0.3, -0.25) is 19.7 Å². The average molecular weight is 440 g/mol. The van der Waals surface area contributed by atoms with Crippen molar-refractivity contribution < 1.29 is 33.0 Å². The van der Waals surface area contributed by atoms with E-state index in [9.17, 15) is 18.8 Å². The number of methoxy groups -OCH3 is 1. The number of carbonyl (C=O) groups excluding carboxylic acids is 3. The first-order valence-electron chi connectivity index (χ1n) is 10.2. The van der Waals surface area contributed by atoms with Crippen LogP contribution in [0.5, 0.6) is 11.5 Å². The maximum absolute atomic E-state index is 13.6. The highest BCUT2D eigenvalue weighted by molar-refractivity contribution is 6.24. The molecule has 1 N–H and O–H groups in total. The van der Waals surface area contributed by atoms with E-state index in [1.807, 2.05) is 0 Å². The maximum atomic E-state index is 13.6. The zero-order valence-corrected chi connectivity index (χ0v) is 17.5. The smallest absolute Gasteiger partial charge is 0.326 e. The number of fused-ring (bicyclic) bond motifs is 2. The third-order valence-electron chi connectivity index (χ3n) is 6.41. The van der Waals surface area contributed by atoms with E-state index in [4.69, 9.17) is 14.2 Å². The first-order valence-corrected chi connectivity index (χ1v) is 10.2. The van der Waals surface area contributed by atoms with E-state index in [1.54, 1.807) is 25.1 Å². The Labute approximate surface area is 183 Å². The van der Waals surface area contributed by atoms with Crippen molar-refractivity contribution in [2.24, 2.45) is 11.8 Å². The van der Waals surface area contributed by atoms with E-state index in [0.717, 1.165) is 4.90 Å². The molecule has 2 fully saturated rings. The molecule has 0 radical (unpaired) electrons. The van der Waals surface area contributed by atoms with Gasteiger partial charge in [-0.05, 0) is 36.8 Å². The third kappa shape index (κ3) is 2.88. The minimum absolute atomic E-state index is 0.337. The summed E-state index contributed by atoms with van der Waals surface area (Å²) in [5.74, 6) is -2.93. The van der Waals surface area contributed by atoms with Crippen molar-refractivity contribution in [1.29, 1.82) is 0 Å². The minimum Gasteiger partial charge on any atom is -0.486 e. The fraction of sp³-hybridized carbons (Fsp3) is 0.348. The molecule has 2 aromatic carbocycles. The summed E-state index contributed by atoms with van der Waals surface area (Å²) in [6.45, 7) is 2.33. The minimum atomic E-state index is -1.44. The molecular formula is C23H21FN2O6. The first kappa shape index (κ1) is 20.4. The molecule has 0 bridgehead atoms. The van der Waals surface area contributed by atoms with Crippen molar-refractivity contribution in [3.8, 4) is 11.5 Å². The monoisotopic (exact) mass is 440 g/mol. The number of imide groups is 1. The molecule has 3 aliphatic heterocycles. The molecule has 0 saturated carbocycles. The lowest BCUT2D eigenvalue weighted by molar-refractivity contribution is -0.151. The number of hydrogen-bond donors (Lipinski definition) is 1. The van der Waals surface area contributed by atoms with Crippen molar-refractivity contribution in [3.05, 3.63) is 53.8 Å². The summed E-state index contributed by atoms with van der Waals surface area (Å²) in [5, 5.41) is 3.13. The maximum Gasteiger partial charge on any atom is 0.326 e. The lowest BCUT2D eigenvalue weighted by atomic mass is 9.80. The summed E-state index contributed by atoms with van der Waals surface area (Å²) in [6, 6.07) is 9.80. The molecule has 5 rings (SSSR count). The van der Waals surface area contributed by atoms with Crippen LogP contribution in [0.1, 0.15) is 18.5 Å². The van der Waals surface area contributed by atoms with Crippen LogP contribution in [0.15, 0.2) is 42.5 Å². The number of carbonyl (C=O) groups is 3. The summed E-state index contributed by atoms with van der Waals surface area (Å²) < 4.78 is 29.6. The van der Waals surface area contributed by atoms with Crippen LogP contribution in [0.3, 0.4) is 0 Å². The average Bonchev–Trinajstić information content (AvgIpc) is 3.26. The molecule has 2 aromatic rings. The van der Waals surface area contributed by atoms with Gasteiger partial charge in [0, 0.05) is 12.1 Å². The zero-order chi connectivity index (χ0) is 22.6. The van der Waals surface area contributed by atoms with Gasteiger partial charge in [0.2, 0.25) is 11.8 Å². The molecule has 4 atom stereocenters. The van der Waals surface area contributed by atoms with E-state index < -0.39 is 47.0 Å². The number of ether oxygens (including phenoxy) is 3. The Kier molecular flexibility index (Phi) is 4.67. The van der Waals surface area contributed by atoms with Crippen LogP contribution in [0.2, 0.25) is 0 Å². The third-order valence-corrected chi connectivity index (χ3v) is 6.41. The van der Waals surface area contributed by atoms with Gasteiger partial charge >= 0.3 is 5.97 Å². The van der Waals surface area contributed by atoms with E-state index in [0.29, 0.717) is 36.0 Å². The number of amides is 2. The van der Waals surface area contributed by atoms with Crippen LogP contribution < -0.4 is 19.7 Å². The Morgan fingerprint density at radius 2 is 1.78 bits per heavy atom. The number of benzene rings is 2. The van der Waals surface area contributed by atoms with Crippen LogP contribution in [0.4, 0.5) is 10.1 Å². The molecule has 0 aliphatic carbocycles. The Morgan fingerprint density at radius 1 is 1.09 bits per heavy atom. The SMILES string of the molecule is COC(=O)[C@@]1(C)N[C@@H](c2ccc(F)cc2)[C@H]2C(=O)N(c3ccc4c(c3)OCCO4)C(=O)[C@@H]21. The van der Waals surface area contributed by atoms with E-state index in [1.165, 1.54) is 31.4 Å². The molecule has 0 spiro atoms. The highest BCUT2D eigenvalue weighted by Gasteiger charge is 2.67. The van der Waals surface area contributed by atoms with Gasteiger partial charge in [0.05, 0.1) is 24.6 Å². The zero-order valence-electron chi connectivity index (χ0n) is 17.5. The molecule has 32 heavy (non-hydrogen) atoms. The molecule has 2 saturated heterocycles. The lowest BCUT2D eigenvalue weighted by Crippen LogP contribution is -2.54. The van der Waals surface area contributed by atoms with Crippen LogP contribution in [-0.4, -0.2) is 43.6 Å². The highest BCUT2D eigenvalue weighted by atomic mass is 19.1. The Hall–Kier alpha value is -3.46. The van der Waals surface area contributed by atoms with Crippen LogP contribution in [-0.2, 0) is 19.1 Å². The van der Waals surface area contributed by atoms with Gasteiger partial charge in [-0.25, -0.2) is 9.29 Å². The van der Waals surface area contributed by atoms with Gasteiger partial charge in [-0.2, -0.15) is 0 Å². The second-order valence-electron chi connectivity index (χ2n) is 8.21. The van der Waals surface area contributed by atoms with E-state index in [2.05, 4.69) is 5.32 Å². The number of hydrogen-bond acceptors (Lipinski definition) is 7. The molecule has 8 nitrogen and oxygen atoms in total. The fourth-order valence-corrected chi connectivity index (χ4v) is 4.92. The van der Waals surface area contributed by atoms with Crippen molar-refractivity contribution in [1.82, 2.24) is 5.32 Å². The number of rotatable bonds is 3. The van der Waals surface area contributed by atoms with Crippen molar-refractivity contribution in [2.75, 3.05) is 25.2 Å². The largest absolute Gasteiger partial charge is 0.486 e. The van der Waals surface area contributed by atoms with Crippen molar-refractivity contribution in [2.45, 2.75) is 18.5 Å². The van der Waals surface area contributed by atoms with Gasteiger partial charge in [-0.1, -0.05) is 12.1 Å². The molecule has 3 aliphatic rings.